The highest BCUT2D eigenvalue weighted by Crippen LogP contribution is 2.19. The van der Waals surface area contributed by atoms with E-state index in [2.05, 4.69) is 29.2 Å². The molecule has 0 saturated carbocycles. The Hall–Kier alpha value is -2.40. The van der Waals surface area contributed by atoms with E-state index in [0.717, 1.165) is 36.8 Å². The number of carbonyl (C=O) groups is 1. The summed E-state index contributed by atoms with van der Waals surface area (Å²) < 4.78 is 5.11. The van der Waals surface area contributed by atoms with Crippen molar-refractivity contribution in [1.29, 1.82) is 0 Å². The smallest absolute Gasteiger partial charge is 0.405 e. The Morgan fingerprint density at radius 1 is 1.16 bits per heavy atom. The lowest BCUT2D eigenvalue weighted by molar-refractivity contribution is 0.0378. The number of aliphatic hydroxyl groups is 1. The minimum absolute atomic E-state index is 0.00401. The molecule has 0 bridgehead atoms. The highest BCUT2D eigenvalue weighted by atomic mass is 16.6. The highest BCUT2D eigenvalue weighted by Gasteiger charge is 2.20. The average molecular weight is 342 g/mol. The van der Waals surface area contributed by atoms with E-state index < -0.39 is 11.7 Å². The molecule has 0 aliphatic heterocycles. The van der Waals surface area contributed by atoms with Crippen molar-refractivity contribution >= 4 is 6.09 Å². The van der Waals surface area contributed by atoms with Gasteiger partial charge in [-0.3, -0.25) is 4.98 Å². The number of rotatable bonds is 8. The number of primary amides is 1. The van der Waals surface area contributed by atoms with Crippen LogP contribution in [0.15, 0.2) is 42.7 Å². The molecular weight excluding hydrogens is 316 g/mol. The molecule has 25 heavy (non-hydrogen) atoms. The summed E-state index contributed by atoms with van der Waals surface area (Å²) in [7, 11) is 0. The Labute approximate surface area is 148 Å². The summed E-state index contributed by atoms with van der Waals surface area (Å²) in [5, 5.41) is 9.21. The number of hydrogen-bond acceptors (Lipinski definition) is 4. The lowest BCUT2D eigenvalue weighted by Crippen LogP contribution is -2.31. The van der Waals surface area contributed by atoms with Gasteiger partial charge in [0, 0.05) is 12.4 Å². The summed E-state index contributed by atoms with van der Waals surface area (Å²) in [5.41, 5.74) is 8.92. The van der Waals surface area contributed by atoms with Crippen molar-refractivity contribution in [3.8, 4) is 0 Å². The van der Waals surface area contributed by atoms with Crippen molar-refractivity contribution in [2.24, 2.45) is 5.73 Å². The highest BCUT2D eigenvalue weighted by molar-refractivity contribution is 5.65. The van der Waals surface area contributed by atoms with Gasteiger partial charge in [0.15, 0.2) is 0 Å². The van der Waals surface area contributed by atoms with E-state index in [1.54, 1.807) is 6.20 Å². The van der Waals surface area contributed by atoms with Gasteiger partial charge in [0.25, 0.3) is 0 Å². The quantitative estimate of drug-likeness (QED) is 0.770. The number of nitrogens with two attached hydrogens (primary N) is 1. The van der Waals surface area contributed by atoms with E-state index in [0.29, 0.717) is 0 Å². The Kier molecular flexibility index (Phi) is 6.53. The van der Waals surface area contributed by atoms with Crippen molar-refractivity contribution < 1.29 is 14.6 Å². The number of aliphatic hydroxyl groups excluding tert-OH is 1. The molecule has 2 aromatic rings. The summed E-state index contributed by atoms with van der Waals surface area (Å²) in [6.07, 6.45) is 6.13. The predicted octanol–water partition coefficient (Wildman–Crippen LogP) is 3.36. The third kappa shape index (κ3) is 6.55. The number of hydrogen-bond donors (Lipinski definition) is 2. The van der Waals surface area contributed by atoms with Crippen LogP contribution < -0.4 is 5.73 Å². The van der Waals surface area contributed by atoms with Gasteiger partial charge in [-0.15, -0.1) is 0 Å². The molecule has 0 radical (unpaired) electrons. The number of amides is 1. The number of nitrogens with zero attached hydrogens (tertiary/aromatic N) is 1. The van der Waals surface area contributed by atoms with E-state index in [1.807, 2.05) is 26.1 Å². The Balaban J connectivity index is 1.93. The molecule has 1 aromatic heterocycles. The molecule has 1 aromatic carbocycles. The first-order valence-electron chi connectivity index (χ1n) is 8.48. The van der Waals surface area contributed by atoms with E-state index >= 15 is 0 Å². The van der Waals surface area contributed by atoms with Crippen molar-refractivity contribution in [3.05, 3.63) is 65.0 Å². The van der Waals surface area contributed by atoms with E-state index in [1.165, 1.54) is 11.1 Å². The number of pyridine rings is 1. The second-order valence-corrected chi connectivity index (χ2v) is 6.89. The molecule has 134 valence electrons. The van der Waals surface area contributed by atoms with Gasteiger partial charge in [0.1, 0.15) is 5.60 Å². The van der Waals surface area contributed by atoms with Gasteiger partial charge in [-0.25, -0.2) is 4.79 Å². The zero-order valence-electron chi connectivity index (χ0n) is 14.9. The number of aromatic nitrogens is 1. The first-order chi connectivity index (χ1) is 11.9. The SMILES string of the molecule is CC(C)(CCCc1cccc(Cc2cncc(CO)c2)c1)OC(N)=O. The van der Waals surface area contributed by atoms with Gasteiger partial charge in [0.05, 0.1) is 6.61 Å². The largest absolute Gasteiger partial charge is 0.444 e. The minimum Gasteiger partial charge on any atom is -0.444 e. The number of ether oxygens (including phenoxy) is 1. The summed E-state index contributed by atoms with van der Waals surface area (Å²) in [4.78, 5) is 15.1. The zero-order chi connectivity index (χ0) is 18.3. The van der Waals surface area contributed by atoms with Crippen LogP contribution in [0.5, 0.6) is 0 Å². The van der Waals surface area contributed by atoms with Gasteiger partial charge in [0.2, 0.25) is 0 Å². The fourth-order valence-electron chi connectivity index (χ4n) is 2.90. The first kappa shape index (κ1) is 18.9. The predicted molar refractivity (Wildman–Crippen MR) is 97.1 cm³/mol. The molecule has 5 heteroatoms. The van der Waals surface area contributed by atoms with Crippen LogP contribution in [0.25, 0.3) is 0 Å². The molecule has 5 nitrogen and oxygen atoms in total. The van der Waals surface area contributed by atoms with Crippen LogP contribution in [0.3, 0.4) is 0 Å². The maximum atomic E-state index is 10.9. The molecule has 0 aliphatic carbocycles. The maximum Gasteiger partial charge on any atom is 0.405 e. The molecule has 0 saturated heterocycles. The number of benzene rings is 1. The third-order valence-electron chi connectivity index (χ3n) is 4.05. The molecule has 0 fully saturated rings. The normalized spacial score (nSPS) is 11.3. The molecule has 0 spiro atoms. The summed E-state index contributed by atoms with van der Waals surface area (Å²) in [6.45, 7) is 3.74. The van der Waals surface area contributed by atoms with Gasteiger partial charge >= 0.3 is 6.09 Å². The van der Waals surface area contributed by atoms with Crippen LogP contribution in [0.1, 0.15) is 48.9 Å². The Morgan fingerprint density at radius 2 is 1.84 bits per heavy atom. The Bertz CT molecular complexity index is 714. The van der Waals surface area contributed by atoms with Crippen LogP contribution in [-0.4, -0.2) is 21.8 Å². The monoisotopic (exact) mass is 342 g/mol. The lowest BCUT2D eigenvalue weighted by Gasteiger charge is -2.23. The fraction of sp³-hybridized carbons (Fsp3) is 0.400. The minimum atomic E-state index is -0.731. The summed E-state index contributed by atoms with van der Waals surface area (Å²) >= 11 is 0. The molecule has 2 rings (SSSR count). The molecule has 0 atom stereocenters. The van der Waals surface area contributed by atoms with Crippen molar-refractivity contribution in [3.63, 3.8) is 0 Å². The van der Waals surface area contributed by atoms with Crippen LogP contribution in [0.4, 0.5) is 4.79 Å². The molecular formula is C20H26N2O3. The van der Waals surface area contributed by atoms with Gasteiger partial charge in [-0.05, 0) is 61.8 Å². The molecule has 1 heterocycles. The van der Waals surface area contributed by atoms with Crippen molar-refractivity contribution in [2.75, 3.05) is 0 Å². The Morgan fingerprint density at radius 3 is 2.56 bits per heavy atom. The van der Waals surface area contributed by atoms with Gasteiger partial charge < -0.3 is 15.6 Å². The van der Waals surface area contributed by atoms with Crippen LogP contribution >= 0.6 is 0 Å². The maximum absolute atomic E-state index is 10.9. The van der Waals surface area contributed by atoms with Gasteiger partial charge in [-0.2, -0.15) is 0 Å². The number of carbonyl (C=O) groups excluding carboxylic acids is 1. The topological polar surface area (TPSA) is 85.4 Å². The molecule has 1 amide bonds. The summed E-state index contributed by atoms with van der Waals surface area (Å²) in [5.74, 6) is 0. The van der Waals surface area contributed by atoms with Crippen LogP contribution in [-0.2, 0) is 24.2 Å². The van der Waals surface area contributed by atoms with E-state index in [-0.39, 0.29) is 6.61 Å². The fourth-order valence-corrected chi connectivity index (χ4v) is 2.90. The van der Waals surface area contributed by atoms with Crippen molar-refractivity contribution in [2.45, 2.75) is 51.7 Å². The van der Waals surface area contributed by atoms with E-state index in [9.17, 15) is 9.90 Å². The molecule has 3 N–H and O–H groups in total. The summed E-state index contributed by atoms with van der Waals surface area (Å²) in [6, 6.07) is 10.4. The second-order valence-electron chi connectivity index (χ2n) is 6.89. The number of aryl methyl sites for hydroxylation is 1. The van der Waals surface area contributed by atoms with Crippen LogP contribution in [0.2, 0.25) is 0 Å². The second kappa shape index (κ2) is 8.62. The standard InChI is InChI=1S/C20H26N2O3/c1-20(2,25-19(21)24)8-4-7-15-5-3-6-16(9-15)10-17-11-18(14-23)13-22-12-17/h3,5-6,9,11-13,23H,4,7-8,10,14H2,1-2H3,(H2,21,24). The molecule has 0 aliphatic rings. The zero-order valence-corrected chi connectivity index (χ0v) is 14.9. The van der Waals surface area contributed by atoms with Crippen LogP contribution in [0, 0.1) is 0 Å². The molecule has 0 unspecified atom stereocenters. The van der Waals surface area contributed by atoms with E-state index in [4.69, 9.17) is 10.5 Å². The van der Waals surface area contributed by atoms with Crippen molar-refractivity contribution in [1.82, 2.24) is 4.98 Å². The first-order valence-corrected chi connectivity index (χ1v) is 8.48. The van der Waals surface area contributed by atoms with Gasteiger partial charge in [-0.1, -0.05) is 30.3 Å². The average Bonchev–Trinajstić information content (AvgIpc) is 2.54. The lowest BCUT2D eigenvalue weighted by atomic mass is 9.97. The third-order valence-corrected chi connectivity index (χ3v) is 4.05.